The van der Waals surface area contributed by atoms with Gasteiger partial charge in [0.15, 0.2) is 0 Å². The van der Waals surface area contributed by atoms with Crippen LogP contribution >= 0.6 is 23.1 Å². The molecule has 2 N–H and O–H groups in total. The fraction of sp³-hybridized carbons (Fsp3) is 0.455. The summed E-state index contributed by atoms with van der Waals surface area (Å²) in [6.45, 7) is 1.47. The normalized spacial score (nSPS) is 35.3. The van der Waals surface area contributed by atoms with Crippen LogP contribution in [0.25, 0.3) is 0 Å². The van der Waals surface area contributed by atoms with E-state index in [1.54, 1.807) is 11.8 Å². The van der Waals surface area contributed by atoms with Gasteiger partial charge in [-0.3, -0.25) is 24.1 Å². The number of amides is 2. The van der Waals surface area contributed by atoms with Crippen LogP contribution in [0.5, 0.6) is 0 Å². The van der Waals surface area contributed by atoms with E-state index < -0.39 is 24.3 Å². The van der Waals surface area contributed by atoms with Gasteiger partial charge < -0.3 is 10.1 Å². The van der Waals surface area contributed by atoms with E-state index in [4.69, 9.17) is 0 Å². The molecule has 4 aliphatic rings. The molecule has 0 radical (unpaired) electrons. The quantitative estimate of drug-likeness (QED) is 0.687. The number of nitrogens with zero attached hydrogens (tertiary/aromatic N) is 1. The summed E-state index contributed by atoms with van der Waals surface area (Å²) in [6.07, 6.45) is 0.803. The number of hydrogen-bond acceptors (Lipinski definition) is 6. The standard InChI is InChI=1S/C22H20N2O5S2/c1-8-2-4-9(5-3-8)13-14-10-6-11(17(14)30-19-18(13)31-22(29)23-19)16-15(10)20(27)24(21(16)28)7-12(25)26/h2-5,10-11,13-17H,6-7H2,1H3,(H,23,29)(H,25,26)/t10-,11+,13+,14+,15+,16+,17-/m0/s1. The fourth-order valence-electron chi connectivity index (χ4n) is 6.52. The number of nitrogens with one attached hydrogen (secondary N) is 1. The van der Waals surface area contributed by atoms with Gasteiger partial charge in [-0.1, -0.05) is 41.2 Å². The number of likely N-dealkylation sites (tertiary alicyclic amines) is 1. The molecule has 1 aromatic heterocycles. The third-order valence-corrected chi connectivity index (χ3v) is 10.1. The Balaban J connectivity index is 1.45. The number of rotatable bonds is 3. The smallest absolute Gasteiger partial charge is 0.323 e. The van der Waals surface area contributed by atoms with Crippen LogP contribution in [0.2, 0.25) is 0 Å². The van der Waals surface area contributed by atoms with E-state index in [1.165, 1.54) is 11.3 Å². The monoisotopic (exact) mass is 456 g/mol. The molecule has 7 atom stereocenters. The fourth-order valence-corrected chi connectivity index (χ4v) is 9.41. The van der Waals surface area contributed by atoms with Gasteiger partial charge in [-0.2, -0.15) is 0 Å². The second-order valence-corrected chi connectivity index (χ2v) is 11.2. The molecule has 2 saturated carbocycles. The van der Waals surface area contributed by atoms with E-state index in [0.717, 1.165) is 32.4 Å². The summed E-state index contributed by atoms with van der Waals surface area (Å²) in [5.74, 6) is -2.54. The largest absolute Gasteiger partial charge is 0.480 e. The highest BCUT2D eigenvalue weighted by Crippen LogP contribution is 2.68. The van der Waals surface area contributed by atoms with E-state index >= 15 is 0 Å². The molecule has 3 fully saturated rings. The Kier molecular flexibility index (Phi) is 4.08. The van der Waals surface area contributed by atoms with Crippen molar-refractivity contribution in [1.82, 2.24) is 9.88 Å². The number of thioether (sulfide) groups is 1. The highest BCUT2D eigenvalue weighted by Gasteiger charge is 2.69. The molecular weight excluding hydrogens is 436 g/mol. The molecule has 1 aromatic carbocycles. The minimum Gasteiger partial charge on any atom is -0.480 e. The summed E-state index contributed by atoms with van der Waals surface area (Å²) in [7, 11) is 0. The first-order chi connectivity index (χ1) is 14.8. The Hall–Kier alpha value is -2.39. The first kappa shape index (κ1) is 19.3. The molecule has 2 bridgehead atoms. The van der Waals surface area contributed by atoms with Gasteiger partial charge in [0.1, 0.15) is 6.54 Å². The number of aliphatic carboxylic acids is 1. The summed E-state index contributed by atoms with van der Waals surface area (Å²) in [5, 5.41) is 10.2. The van der Waals surface area contributed by atoms with Gasteiger partial charge in [-0.15, -0.1) is 11.8 Å². The van der Waals surface area contributed by atoms with E-state index in [-0.39, 0.29) is 45.6 Å². The minimum atomic E-state index is -1.17. The Morgan fingerprint density at radius 1 is 1.13 bits per heavy atom. The van der Waals surface area contributed by atoms with Gasteiger partial charge >= 0.3 is 10.8 Å². The topological polar surface area (TPSA) is 108 Å². The van der Waals surface area contributed by atoms with Gasteiger partial charge in [-0.05, 0) is 36.7 Å². The van der Waals surface area contributed by atoms with Gasteiger partial charge in [0.2, 0.25) is 11.8 Å². The number of fused-ring (bicyclic) bond motifs is 9. The Bertz CT molecular complexity index is 1190. The molecular formula is C22H20N2O5S2. The maximum atomic E-state index is 13.1. The lowest BCUT2D eigenvalue weighted by Gasteiger charge is -2.43. The summed E-state index contributed by atoms with van der Waals surface area (Å²) >= 11 is 2.87. The van der Waals surface area contributed by atoms with Crippen LogP contribution in [-0.2, 0) is 14.4 Å². The molecule has 31 heavy (non-hydrogen) atoms. The second kappa shape index (κ2) is 6.56. The van der Waals surface area contributed by atoms with Crippen LogP contribution in [0, 0.1) is 36.5 Å². The molecule has 1 saturated heterocycles. The van der Waals surface area contributed by atoms with Crippen LogP contribution in [0.4, 0.5) is 0 Å². The number of aromatic nitrogens is 1. The van der Waals surface area contributed by atoms with Gasteiger partial charge in [-0.25, -0.2) is 0 Å². The van der Waals surface area contributed by atoms with Crippen LogP contribution in [0.1, 0.15) is 28.3 Å². The first-order valence-electron chi connectivity index (χ1n) is 10.4. The number of carboxylic acid groups (broad SMARTS) is 1. The number of carboxylic acids is 1. The molecule has 160 valence electrons. The number of H-pyrrole nitrogens is 1. The number of benzene rings is 1. The number of aryl methyl sites for hydroxylation is 1. The summed E-state index contributed by atoms with van der Waals surface area (Å²) in [5.41, 5.74) is 2.28. The molecule has 2 aliphatic heterocycles. The van der Waals surface area contributed by atoms with E-state index in [2.05, 4.69) is 29.2 Å². The number of aromatic amines is 1. The number of thiazole rings is 1. The summed E-state index contributed by atoms with van der Waals surface area (Å²) < 4.78 is 0. The Labute approximate surface area is 185 Å². The zero-order valence-corrected chi connectivity index (χ0v) is 18.2. The first-order valence-corrected chi connectivity index (χ1v) is 12.1. The zero-order valence-electron chi connectivity index (χ0n) is 16.6. The number of imide groups is 1. The Morgan fingerprint density at radius 2 is 1.81 bits per heavy atom. The third kappa shape index (κ3) is 2.59. The predicted molar refractivity (Wildman–Crippen MR) is 114 cm³/mol. The molecule has 2 aromatic rings. The van der Waals surface area contributed by atoms with Crippen molar-refractivity contribution in [2.24, 2.45) is 29.6 Å². The lowest BCUT2D eigenvalue weighted by molar-refractivity contribution is -0.149. The van der Waals surface area contributed by atoms with Crippen LogP contribution < -0.4 is 4.87 Å². The van der Waals surface area contributed by atoms with Crippen molar-refractivity contribution in [1.29, 1.82) is 0 Å². The van der Waals surface area contributed by atoms with E-state index in [1.807, 2.05) is 6.92 Å². The third-order valence-electron chi connectivity index (χ3n) is 7.55. The van der Waals surface area contributed by atoms with E-state index in [0.29, 0.717) is 0 Å². The summed E-state index contributed by atoms with van der Waals surface area (Å²) in [6, 6.07) is 8.33. The van der Waals surface area contributed by atoms with Crippen molar-refractivity contribution in [3.8, 4) is 0 Å². The highest BCUT2D eigenvalue weighted by atomic mass is 32.2. The molecule has 6 rings (SSSR count). The average Bonchev–Trinajstić information content (AvgIpc) is 3.44. The molecule has 3 heterocycles. The maximum Gasteiger partial charge on any atom is 0.323 e. The number of hydrogen-bond donors (Lipinski definition) is 2. The lowest BCUT2D eigenvalue weighted by atomic mass is 9.68. The molecule has 0 spiro atoms. The van der Waals surface area contributed by atoms with Gasteiger partial charge in [0, 0.05) is 16.0 Å². The van der Waals surface area contributed by atoms with Gasteiger partial charge in [0.05, 0.1) is 16.9 Å². The number of carbonyl (C=O) groups is 3. The molecule has 7 nitrogen and oxygen atoms in total. The molecule has 0 unspecified atom stereocenters. The highest BCUT2D eigenvalue weighted by molar-refractivity contribution is 8.00. The van der Waals surface area contributed by atoms with Crippen molar-refractivity contribution in [2.45, 2.75) is 29.5 Å². The van der Waals surface area contributed by atoms with E-state index in [9.17, 15) is 24.3 Å². The molecule has 2 amide bonds. The second-order valence-electron chi connectivity index (χ2n) is 9.03. The maximum absolute atomic E-state index is 13.1. The SMILES string of the molecule is Cc1ccc([C@H]2c3sc(=O)[nH]c3S[C@H]3[C@@H]4C[C@H]([C@H]5C(=O)N(CC(=O)O)C(=O)[C@H]45)[C@H]23)cc1. The number of carbonyl (C=O) groups excluding carboxylic acids is 2. The lowest BCUT2D eigenvalue weighted by Crippen LogP contribution is -2.42. The predicted octanol–water partition coefficient (Wildman–Crippen LogP) is 2.30. The Morgan fingerprint density at radius 3 is 2.48 bits per heavy atom. The van der Waals surface area contributed by atoms with Crippen LogP contribution in [-0.4, -0.2) is 44.6 Å². The van der Waals surface area contributed by atoms with Crippen molar-refractivity contribution < 1.29 is 19.5 Å². The van der Waals surface area contributed by atoms with Crippen molar-refractivity contribution in [3.63, 3.8) is 0 Å². The average molecular weight is 457 g/mol. The molecule has 9 heteroatoms. The van der Waals surface area contributed by atoms with Crippen molar-refractivity contribution >= 4 is 40.9 Å². The van der Waals surface area contributed by atoms with Crippen molar-refractivity contribution in [2.75, 3.05) is 6.54 Å². The zero-order chi connectivity index (χ0) is 21.6. The van der Waals surface area contributed by atoms with Crippen LogP contribution in [0.15, 0.2) is 34.1 Å². The van der Waals surface area contributed by atoms with Gasteiger partial charge in [0.25, 0.3) is 0 Å². The van der Waals surface area contributed by atoms with Crippen LogP contribution in [0.3, 0.4) is 0 Å². The van der Waals surface area contributed by atoms with Crippen molar-refractivity contribution in [3.05, 3.63) is 49.9 Å². The molecule has 2 aliphatic carbocycles. The minimum absolute atomic E-state index is 0.00169. The summed E-state index contributed by atoms with van der Waals surface area (Å²) in [4.78, 5) is 54.4.